The number of carbonyl (C=O) groups excluding carboxylic acids is 12. The molecule has 7 rings (SSSR count). The van der Waals surface area contributed by atoms with E-state index in [0.29, 0.717) is 68.4 Å². The average Bonchev–Trinajstić information content (AvgIpc) is 1.41. The number of nitrogens with zero attached hydrogens (tertiary/aromatic N) is 9. The molecule has 0 aromatic heterocycles. The summed E-state index contributed by atoms with van der Waals surface area (Å²) < 4.78 is 42.5. The highest BCUT2D eigenvalue weighted by atomic mass is 127. The predicted octanol–water partition coefficient (Wildman–Crippen LogP) is 6.27. The van der Waals surface area contributed by atoms with Gasteiger partial charge in [0.15, 0.2) is 0 Å². The Morgan fingerprint density at radius 1 is 0.627 bits per heavy atom. The fourth-order valence-corrected chi connectivity index (χ4v) is 17.8. The topological polar surface area (TPSA) is 270 Å². The summed E-state index contributed by atoms with van der Waals surface area (Å²) in [6.07, 6.45) is 12.2. The summed E-state index contributed by atoms with van der Waals surface area (Å²) in [7, 11) is 9.96. The molecule has 3 saturated heterocycles. The Morgan fingerprint density at radius 2 is 1.24 bits per heavy atom. The van der Waals surface area contributed by atoms with Crippen molar-refractivity contribution < 1.29 is 70.7 Å². The van der Waals surface area contributed by atoms with Crippen LogP contribution in [0.4, 0.5) is 13.2 Å². The van der Waals surface area contributed by atoms with Crippen LogP contribution in [0.15, 0.2) is 0 Å². The molecule has 12 amide bonds. The van der Waals surface area contributed by atoms with Gasteiger partial charge in [-0.05, 0) is 152 Å². The predicted molar refractivity (Wildman–Crippen MR) is 386 cm³/mol. The molecule has 29 heteroatoms. The summed E-state index contributed by atoms with van der Waals surface area (Å²) in [5, 5.41) is 7.57. The first-order chi connectivity index (χ1) is 48.2. The van der Waals surface area contributed by atoms with Crippen LogP contribution in [-0.4, -0.2) is 267 Å². The van der Waals surface area contributed by atoms with Crippen molar-refractivity contribution in [3.63, 3.8) is 0 Å². The number of alkyl halides is 5. The monoisotopic (exact) mass is 1570 g/mol. The van der Waals surface area contributed by atoms with Gasteiger partial charge in [0.2, 0.25) is 70.9 Å². The minimum Gasteiger partial charge on any atom is -0.343 e. The van der Waals surface area contributed by atoms with E-state index in [1.807, 2.05) is 6.92 Å². The molecule has 3 heterocycles. The minimum atomic E-state index is -4.51. The highest BCUT2D eigenvalue weighted by Crippen LogP contribution is 2.44. The number of halogens is 5. The number of carbonyl (C=O) groups is 12. The van der Waals surface area contributed by atoms with Crippen LogP contribution in [0.2, 0.25) is 0 Å². The second kappa shape index (κ2) is 37.8. The number of hydrogen-bond acceptors (Lipinski definition) is 12. The maximum Gasteiger partial charge on any atom is 0.393 e. The summed E-state index contributed by atoms with van der Waals surface area (Å²) in [5.41, 5.74) is -1.56. The molecule has 24 nitrogen and oxygen atoms in total. The Morgan fingerprint density at radius 3 is 1.85 bits per heavy atom. The van der Waals surface area contributed by atoms with Gasteiger partial charge in [-0.25, -0.2) is 0 Å². The zero-order valence-electron chi connectivity index (χ0n) is 61.5. The van der Waals surface area contributed by atoms with E-state index >= 15 is 28.8 Å². The SMILES string of the molecule is C#CCC[C@H]1C(=O)N[C@@H]([C@@H](C)CC)C(=O)N(C)CC(=O)N(C)CC(=O)N(C)C(CC2CCC(I)CC2)C(=O)N(C)CC(=O)N[C@@H](CCC2CCC(C(F)(F)F)C(Cl)C2)C(=O)N2CCC[C@H]2C(=O)NC2(CCCC2)C(=O)N(C)[C@@H](C2CCCCC2)C(=O)N(C)[C@H](C(=O)N2CCCCC2)CC(=O)N1C. The number of likely N-dealkylation sites (tertiary alicyclic amines) is 1. The third-order valence-electron chi connectivity index (χ3n) is 23.4. The van der Waals surface area contributed by atoms with Crippen molar-refractivity contribution in [3.05, 3.63) is 0 Å². The summed E-state index contributed by atoms with van der Waals surface area (Å²) in [6.45, 7) is 2.68. The van der Waals surface area contributed by atoms with Crippen molar-refractivity contribution in [1.82, 2.24) is 60.0 Å². The molecule has 4 saturated carbocycles. The molecule has 0 aromatic carbocycles. The number of fused-ring (bicyclic) bond motifs is 1. The second-order valence-corrected chi connectivity index (χ2v) is 32.8. The van der Waals surface area contributed by atoms with Crippen molar-refractivity contribution in [2.24, 2.45) is 29.6 Å². The van der Waals surface area contributed by atoms with Crippen molar-refractivity contribution >= 4 is 105 Å². The summed E-state index contributed by atoms with van der Waals surface area (Å²) >= 11 is 8.81. The number of likely N-dealkylation sites (N-methyl/N-ethyl adjacent to an activating group) is 7. The van der Waals surface area contributed by atoms with E-state index in [1.54, 1.807) is 11.8 Å². The van der Waals surface area contributed by atoms with Gasteiger partial charge < -0.3 is 60.0 Å². The van der Waals surface area contributed by atoms with Crippen LogP contribution in [-0.2, 0) is 57.5 Å². The van der Waals surface area contributed by atoms with Gasteiger partial charge in [-0.3, -0.25) is 57.5 Å². The average molecular weight is 1570 g/mol. The number of hydrogen-bond donors (Lipinski definition) is 3. The largest absolute Gasteiger partial charge is 0.393 e. The maximum absolute atomic E-state index is 15.8. The highest BCUT2D eigenvalue weighted by molar-refractivity contribution is 14.1. The third-order valence-corrected chi connectivity index (χ3v) is 25.1. The van der Waals surface area contributed by atoms with E-state index in [0.717, 1.165) is 66.1 Å². The number of amides is 12. The Hall–Kier alpha value is -5.99. The van der Waals surface area contributed by atoms with E-state index in [9.17, 15) is 41.9 Å². The number of piperidine rings is 1. The normalized spacial score (nSPS) is 30.9. The van der Waals surface area contributed by atoms with Gasteiger partial charge in [-0.15, -0.1) is 23.9 Å². The van der Waals surface area contributed by atoms with E-state index in [-0.39, 0.29) is 89.0 Å². The molecule has 102 heavy (non-hydrogen) atoms. The molecular weight excluding hydrogens is 1460 g/mol. The van der Waals surface area contributed by atoms with Crippen LogP contribution in [0, 0.1) is 41.9 Å². The number of nitrogens with one attached hydrogen (secondary N) is 3. The van der Waals surface area contributed by atoms with Crippen LogP contribution in [0.3, 0.4) is 0 Å². The Kier molecular flexibility index (Phi) is 30.9. The quantitative estimate of drug-likeness (QED) is 0.117. The fourth-order valence-electron chi connectivity index (χ4n) is 16.6. The van der Waals surface area contributed by atoms with Crippen molar-refractivity contribution in [3.8, 4) is 12.3 Å². The van der Waals surface area contributed by atoms with Gasteiger partial charge in [-0.2, -0.15) is 13.2 Å². The lowest BCUT2D eigenvalue weighted by molar-refractivity contribution is -0.182. The van der Waals surface area contributed by atoms with Crippen LogP contribution in [0.25, 0.3) is 0 Å². The van der Waals surface area contributed by atoms with Crippen molar-refractivity contribution in [2.45, 2.75) is 257 Å². The Balaban J connectivity index is 1.28. The van der Waals surface area contributed by atoms with Crippen LogP contribution in [0.1, 0.15) is 194 Å². The number of terminal acetylenes is 1. The molecule has 11 atom stereocenters. The van der Waals surface area contributed by atoms with Crippen LogP contribution in [0.5, 0.6) is 0 Å². The molecule has 572 valence electrons. The summed E-state index contributed by atoms with van der Waals surface area (Å²) in [5.74, 6) is -8.18. The Bertz CT molecular complexity index is 3030. The third kappa shape index (κ3) is 21.2. The first-order valence-electron chi connectivity index (χ1n) is 37.3. The van der Waals surface area contributed by atoms with Crippen LogP contribution >= 0.6 is 34.2 Å². The molecule has 7 aliphatic rings. The first-order valence-corrected chi connectivity index (χ1v) is 39.0. The van der Waals surface area contributed by atoms with Crippen molar-refractivity contribution in [2.75, 3.05) is 88.6 Å². The van der Waals surface area contributed by atoms with Crippen LogP contribution < -0.4 is 16.0 Å². The lowest BCUT2D eigenvalue weighted by Crippen LogP contribution is -2.65. The molecule has 0 aromatic rings. The lowest BCUT2D eigenvalue weighted by Gasteiger charge is -2.43. The molecule has 7 fully saturated rings. The minimum absolute atomic E-state index is 0.00270. The molecule has 4 unspecified atom stereocenters. The van der Waals surface area contributed by atoms with Gasteiger partial charge in [0, 0.05) is 84.7 Å². The van der Waals surface area contributed by atoms with E-state index in [4.69, 9.17) is 18.0 Å². The fraction of sp³-hybridized carbons (Fsp3) is 0.808. The number of rotatable bonds is 11. The summed E-state index contributed by atoms with van der Waals surface area (Å²) in [4.78, 5) is 191. The van der Waals surface area contributed by atoms with Gasteiger partial charge in [0.25, 0.3) is 0 Å². The Labute approximate surface area is 619 Å². The molecule has 0 bridgehead atoms. The lowest BCUT2D eigenvalue weighted by atomic mass is 9.78. The summed E-state index contributed by atoms with van der Waals surface area (Å²) in [6, 6.07) is -8.77. The van der Waals surface area contributed by atoms with Gasteiger partial charge in [0.05, 0.1) is 32.0 Å². The van der Waals surface area contributed by atoms with E-state index in [1.165, 1.54) is 73.8 Å². The highest BCUT2D eigenvalue weighted by Gasteiger charge is 2.52. The zero-order valence-corrected chi connectivity index (χ0v) is 64.4. The van der Waals surface area contributed by atoms with Crippen molar-refractivity contribution in [1.29, 1.82) is 0 Å². The molecular formula is C73H113ClF3IN12O12. The van der Waals surface area contributed by atoms with Gasteiger partial charge in [-0.1, -0.05) is 75.0 Å². The van der Waals surface area contributed by atoms with Gasteiger partial charge >= 0.3 is 6.18 Å². The van der Waals surface area contributed by atoms with E-state index < -0.39 is 174 Å². The zero-order chi connectivity index (χ0) is 75.1. The molecule has 1 spiro atoms. The molecule has 0 radical (unpaired) electrons. The van der Waals surface area contributed by atoms with E-state index in [2.05, 4.69) is 44.5 Å². The van der Waals surface area contributed by atoms with Gasteiger partial charge in [0.1, 0.15) is 47.8 Å². The second-order valence-electron chi connectivity index (χ2n) is 30.5. The maximum atomic E-state index is 15.8. The first kappa shape index (κ1) is 83.3. The molecule has 3 N–H and O–H groups in total. The smallest absolute Gasteiger partial charge is 0.343 e. The standard InChI is InChI=1S/C73H113ClF3IN12O12/c1-11-13-25-54-64(95)80-62(46(3)12-2)69(100)84(6)44-60(93)82(4)45-61(94)86(8)56(41-48-27-31-50(78)32-28-48)67(98)83(5)43-58(91)79-53(34-30-47-29-33-51(52(74)40-47)73(75,76)77)66(97)90-39-22-26-55(90)65(96)81-72(35-18-19-36-72)71(102)88(10)63(49-23-16-14-17-24-49)70(101)87(9)57(42-59(92)85(54)7)68(99)89-37-20-15-21-38-89/h1,46-57,62-63H,12-45H2,2-10H3,(H,79,91)(H,80,95)(H,81,96)/t46-,47?,48?,50?,51?,52?,53-,54-,55-,56?,57-,62-,63-/m0/s1. The molecule has 4 aliphatic carbocycles. The molecule has 3 aliphatic heterocycles.